The van der Waals surface area contributed by atoms with Crippen LogP contribution in [0, 0.1) is 0 Å². The second-order valence-corrected chi connectivity index (χ2v) is 4.09. The summed E-state index contributed by atoms with van der Waals surface area (Å²) in [4.78, 5) is 10.7. The second-order valence-electron chi connectivity index (χ2n) is 4.09. The van der Waals surface area contributed by atoms with Crippen molar-refractivity contribution in [3.8, 4) is 0 Å². The summed E-state index contributed by atoms with van der Waals surface area (Å²) in [6.45, 7) is 1.39. The van der Waals surface area contributed by atoms with Crippen molar-refractivity contribution in [2.45, 2.75) is 13.1 Å². The summed E-state index contributed by atoms with van der Waals surface area (Å²) < 4.78 is 1.76. The molecule has 5 nitrogen and oxygen atoms in total. The maximum Gasteiger partial charge on any atom is 0.335 e. The van der Waals surface area contributed by atoms with Crippen molar-refractivity contribution in [1.29, 1.82) is 0 Å². The molecule has 0 spiro atoms. The van der Waals surface area contributed by atoms with E-state index >= 15 is 0 Å². The Morgan fingerprint density at radius 3 is 2.47 bits per heavy atom. The molecule has 0 radical (unpaired) electrons. The van der Waals surface area contributed by atoms with Crippen LogP contribution in [0.3, 0.4) is 0 Å². The van der Waals surface area contributed by atoms with Gasteiger partial charge < -0.3 is 10.4 Å². The first-order valence-corrected chi connectivity index (χ1v) is 5.66. The number of nitrogens with one attached hydrogen (secondary N) is 1. The van der Waals surface area contributed by atoms with Crippen LogP contribution >= 0.6 is 12.4 Å². The molecular weight excluding hydrogens is 266 g/mol. The Hall–Kier alpha value is -1.85. The number of nitrogens with zero attached hydrogens (tertiary/aromatic N) is 2. The molecule has 6 heteroatoms. The van der Waals surface area contributed by atoms with Gasteiger partial charge in [-0.2, -0.15) is 5.10 Å². The summed E-state index contributed by atoms with van der Waals surface area (Å²) in [6.07, 6.45) is 1.90. The van der Waals surface area contributed by atoms with Crippen LogP contribution in [0.1, 0.15) is 21.6 Å². The molecule has 19 heavy (non-hydrogen) atoms. The Bertz CT molecular complexity index is 537. The summed E-state index contributed by atoms with van der Waals surface area (Å²) >= 11 is 0. The summed E-state index contributed by atoms with van der Waals surface area (Å²) in [5, 5.41) is 16.3. The minimum atomic E-state index is -0.900. The number of halogens is 1. The van der Waals surface area contributed by atoms with Gasteiger partial charge in [0.2, 0.25) is 0 Å². The number of aromatic carboxylic acids is 1. The minimum absolute atomic E-state index is 0. The normalized spacial score (nSPS) is 9.95. The highest BCUT2D eigenvalue weighted by atomic mass is 35.5. The van der Waals surface area contributed by atoms with Crippen molar-refractivity contribution < 1.29 is 9.90 Å². The number of aromatic nitrogens is 2. The predicted octanol–water partition coefficient (Wildman–Crippen LogP) is 1.83. The molecule has 102 valence electrons. The van der Waals surface area contributed by atoms with Crippen LogP contribution in [0.2, 0.25) is 0 Å². The molecular formula is C13H16ClN3O2. The van der Waals surface area contributed by atoms with Crippen molar-refractivity contribution in [3.05, 3.63) is 53.3 Å². The van der Waals surface area contributed by atoms with Gasteiger partial charge in [-0.05, 0) is 23.8 Å². The number of carboxylic acid groups (broad SMARTS) is 1. The van der Waals surface area contributed by atoms with Gasteiger partial charge in [-0.15, -0.1) is 12.4 Å². The molecule has 1 heterocycles. The fourth-order valence-electron chi connectivity index (χ4n) is 1.66. The van der Waals surface area contributed by atoms with E-state index in [0.717, 1.165) is 11.3 Å². The smallest absolute Gasteiger partial charge is 0.335 e. The van der Waals surface area contributed by atoms with E-state index in [1.54, 1.807) is 16.8 Å². The average Bonchev–Trinajstić information content (AvgIpc) is 2.76. The second kappa shape index (κ2) is 6.92. The van der Waals surface area contributed by atoms with Gasteiger partial charge in [0.25, 0.3) is 0 Å². The fraction of sp³-hybridized carbons (Fsp3) is 0.231. The Balaban J connectivity index is 0.00000180. The first-order valence-electron chi connectivity index (χ1n) is 5.66. The van der Waals surface area contributed by atoms with E-state index in [4.69, 9.17) is 5.11 Å². The lowest BCUT2D eigenvalue weighted by Gasteiger charge is -2.03. The van der Waals surface area contributed by atoms with Gasteiger partial charge in [-0.3, -0.25) is 4.68 Å². The molecule has 0 unspecified atom stereocenters. The molecule has 0 aliphatic rings. The fourth-order valence-corrected chi connectivity index (χ4v) is 1.66. The van der Waals surface area contributed by atoms with Crippen molar-refractivity contribution >= 4 is 18.4 Å². The predicted molar refractivity (Wildman–Crippen MR) is 74.4 cm³/mol. The maximum absolute atomic E-state index is 10.7. The summed E-state index contributed by atoms with van der Waals surface area (Å²) in [6, 6.07) is 8.81. The third-order valence-corrected chi connectivity index (χ3v) is 2.60. The number of carboxylic acids is 1. The summed E-state index contributed by atoms with van der Waals surface area (Å²) in [7, 11) is 1.88. The number of hydrogen-bond acceptors (Lipinski definition) is 3. The SMILES string of the molecule is Cl.Cn1ccc(CNCc2ccc(C(=O)O)cc2)n1. The van der Waals surface area contributed by atoms with E-state index in [2.05, 4.69) is 10.4 Å². The van der Waals surface area contributed by atoms with Crippen LogP contribution in [-0.2, 0) is 20.1 Å². The summed E-state index contributed by atoms with van der Waals surface area (Å²) in [5.41, 5.74) is 2.35. The number of aryl methyl sites for hydroxylation is 1. The third kappa shape index (κ3) is 4.39. The highest BCUT2D eigenvalue weighted by molar-refractivity contribution is 5.87. The van der Waals surface area contributed by atoms with Gasteiger partial charge >= 0.3 is 5.97 Å². The van der Waals surface area contributed by atoms with Crippen LogP contribution in [0.4, 0.5) is 0 Å². The monoisotopic (exact) mass is 281 g/mol. The molecule has 1 aromatic heterocycles. The maximum atomic E-state index is 10.7. The van der Waals surface area contributed by atoms with Gasteiger partial charge in [-0.25, -0.2) is 4.79 Å². The molecule has 2 N–H and O–H groups in total. The molecule has 0 fully saturated rings. The zero-order chi connectivity index (χ0) is 13.0. The zero-order valence-electron chi connectivity index (χ0n) is 10.5. The van der Waals surface area contributed by atoms with Crippen molar-refractivity contribution in [3.63, 3.8) is 0 Å². The van der Waals surface area contributed by atoms with Gasteiger partial charge in [0.1, 0.15) is 0 Å². The molecule has 0 amide bonds. The van der Waals surface area contributed by atoms with Crippen LogP contribution in [-0.4, -0.2) is 20.9 Å². The van der Waals surface area contributed by atoms with Gasteiger partial charge in [0.05, 0.1) is 11.3 Å². The standard InChI is InChI=1S/C13H15N3O2.ClH/c1-16-7-6-12(15-16)9-14-8-10-2-4-11(5-3-10)13(17)18;/h2-7,14H,8-9H2,1H3,(H,17,18);1H. The lowest BCUT2D eigenvalue weighted by atomic mass is 10.1. The van der Waals surface area contributed by atoms with Crippen molar-refractivity contribution in [2.24, 2.45) is 7.05 Å². The highest BCUT2D eigenvalue weighted by Crippen LogP contribution is 2.04. The number of benzene rings is 1. The first-order chi connectivity index (χ1) is 8.65. The number of rotatable bonds is 5. The lowest BCUT2D eigenvalue weighted by Crippen LogP contribution is -2.13. The van der Waals surface area contributed by atoms with Gasteiger partial charge in [0.15, 0.2) is 0 Å². The Morgan fingerprint density at radius 2 is 1.95 bits per heavy atom. The van der Waals surface area contributed by atoms with Crippen LogP contribution in [0.5, 0.6) is 0 Å². The highest BCUT2D eigenvalue weighted by Gasteiger charge is 2.01. The van der Waals surface area contributed by atoms with Crippen LogP contribution in [0.15, 0.2) is 36.5 Å². The molecule has 1 aromatic carbocycles. The van der Waals surface area contributed by atoms with Crippen molar-refractivity contribution in [2.75, 3.05) is 0 Å². The van der Waals surface area contributed by atoms with Crippen LogP contribution < -0.4 is 5.32 Å². The average molecular weight is 282 g/mol. The lowest BCUT2D eigenvalue weighted by molar-refractivity contribution is 0.0697. The van der Waals surface area contributed by atoms with E-state index in [1.165, 1.54) is 0 Å². The molecule has 2 aromatic rings. The number of hydrogen-bond donors (Lipinski definition) is 2. The third-order valence-electron chi connectivity index (χ3n) is 2.60. The molecule has 0 aliphatic heterocycles. The topological polar surface area (TPSA) is 67.2 Å². The molecule has 0 atom stereocenters. The van der Waals surface area contributed by atoms with Gasteiger partial charge in [-0.1, -0.05) is 12.1 Å². The zero-order valence-corrected chi connectivity index (χ0v) is 11.4. The first kappa shape index (κ1) is 15.2. The Labute approximate surface area is 117 Å². The quantitative estimate of drug-likeness (QED) is 0.877. The van der Waals surface area contributed by atoms with Crippen LogP contribution in [0.25, 0.3) is 0 Å². The van der Waals surface area contributed by atoms with Gasteiger partial charge in [0, 0.05) is 26.3 Å². The molecule has 0 saturated carbocycles. The van der Waals surface area contributed by atoms with Crippen molar-refractivity contribution in [1.82, 2.24) is 15.1 Å². The number of carbonyl (C=O) groups is 1. The molecule has 2 rings (SSSR count). The summed E-state index contributed by atoms with van der Waals surface area (Å²) in [5.74, 6) is -0.900. The minimum Gasteiger partial charge on any atom is -0.478 e. The van der Waals surface area contributed by atoms with E-state index in [0.29, 0.717) is 18.7 Å². The van der Waals surface area contributed by atoms with E-state index in [9.17, 15) is 4.79 Å². The van der Waals surface area contributed by atoms with E-state index in [1.807, 2.05) is 31.4 Å². The Kier molecular flexibility index (Phi) is 5.54. The molecule has 0 aliphatic carbocycles. The molecule has 0 bridgehead atoms. The molecule has 0 saturated heterocycles. The largest absolute Gasteiger partial charge is 0.478 e. The van der Waals surface area contributed by atoms with E-state index in [-0.39, 0.29) is 12.4 Å². The Morgan fingerprint density at radius 1 is 1.26 bits per heavy atom. The van der Waals surface area contributed by atoms with E-state index < -0.39 is 5.97 Å².